The van der Waals surface area contributed by atoms with Crippen LogP contribution in [0.1, 0.15) is 25.5 Å². The van der Waals surface area contributed by atoms with Crippen molar-refractivity contribution >= 4 is 10.0 Å². The average molecular weight is 214 g/mol. The number of sulfonamides is 1. The van der Waals surface area contributed by atoms with Crippen LogP contribution in [-0.2, 0) is 10.0 Å². The van der Waals surface area contributed by atoms with Crippen LogP contribution in [0.25, 0.3) is 0 Å². The maximum atomic E-state index is 11.3. The largest absolute Gasteiger partial charge is 0.265 e. The highest BCUT2D eigenvalue weighted by atomic mass is 32.2. The van der Waals surface area contributed by atoms with Crippen molar-refractivity contribution in [3.8, 4) is 0 Å². The number of rotatable bonds is 4. The third kappa shape index (κ3) is 3.08. The summed E-state index contributed by atoms with van der Waals surface area (Å²) in [6, 6.07) is 3.38. The van der Waals surface area contributed by atoms with Gasteiger partial charge in [0.15, 0.2) is 0 Å². The van der Waals surface area contributed by atoms with Gasteiger partial charge in [0.1, 0.15) is 0 Å². The lowest BCUT2D eigenvalue weighted by atomic mass is 10.1. The van der Waals surface area contributed by atoms with Crippen LogP contribution in [-0.4, -0.2) is 19.2 Å². The second-order valence-electron chi connectivity index (χ2n) is 3.02. The van der Waals surface area contributed by atoms with E-state index in [9.17, 15) is 8.42 Å². The number of pyridine rings is 1. The summed E-state index contributed by atoms with van der Waals surface area (Å²) in [5.41, 5.74) is 0.914. The molecule has 4 nitrogen and oxygen atoms in total. The number of hydrogen-bond donors (Lipinski definition) is 1. The Morgan fingerprint density at radius 1 is 1.43 bits per heavy atom. The van der Waals surface area contributed by atoms with Crippen LogP contribution in [0.2, 0.25) is 0 Å². The van der Waals surface area contributed by atoms with Crippen molar-refractivity contribution in [1.82, 2.24) is 9.71 Å². The van der Waals surface area contributed by atoms with Crippen molar-refractivity contribution in [3.63, 3.8) is 0 Å². The van der Waals surface area contributed by atoms with E-state index in [1.54, 1.807) is 31.5 Å². The van der Waals surface area contributed by atoms with Crippen LogP contribution in [0, 0.1) is 0 Å². The molecule has 5 heteroatoms. The van der Waals surface area contributed by atoms with Crippen molar-refractivity contribution < 1.29 is 8.42 Å². The molecule has 1 aromatic heterocycles. The Labute approximate surface area is 84.4 Å². The van der Waals surface area contributed by atoms with Crippen LogP contribution < -0.4 is 4.72 Å². The van der Waals surface area contributed by atoms with Crippen LogP contribution >= 0.6 is 0 Å². The lowest BCUT2D eigenvalue weighted by Crippen LogP contribution is -2.28. The Kier molecular flexibility index (Phi) is 3.60. The summed E-state index contributed by atoms with van der Waals surface area (Å²) in [5.74, 6) is 0.0996. The van der Waals surface area contributed by atoms with Crippen LogP contribution in [0.15, 0.2) is 24.5 Å². The monoisotopic (exact) mass is 214 g/mol. The van der Waals surface area contributed by atoms with Gasteiger partial charge in [-0.25, -0.2) is 13.1 Å². The summed E-state index contributed by atoms with van der Waals surface area (Å²) in [5, 5.41) is 0. The molecule has 1 heterocycles. The van der Waals surface area contributed by atoms with E-state index < -0.39 is 10.0 Å². The molecule has 1 rings (SSSR count). The summed E-state index contributed by atoms with van der Waals surface area (Å²) >= 11 is 0. The predicted octanol–water partition coefficient (Wildman–Crippen LogP) is 1.08. The van der Waals surface area contributed by atoms with Crippen molar-refractivity contribution in [2.45, 2.75) is 19.9 Å². The Morgan fingerprint density at radius 2 is 2.00 bits per heavy atom. The van der Waals surface area contributed by atoms with Gasteiger partial charge in [-0.2, -0.15) is 0 Å². The lowest BCUT2D eigenvalue weighted by Gasteiger charge is -2.12. The van der Waals surface area contributed by atoms with Gasteiger partial charge in [-0.15, -0.1) is 0 Å². The lowest BCUT2D eigenvalue weighted by molar-refractivity contribution is 0.568. The van der Waals surface area contributed by atoms with Crippen molar-refractivity contribution in [2.24, 2.45) is 0 Å². The highest BCUT2D eigenvalue weighted by molar-refractivity contribution is 7.89. The van der Waals surface area contributed by atoms with Gasteiger partial charge in [0.25, 0.3) is 0 Å². The van der Waals surface area contributed by atoms with E-state index in [-0.39, 0.29) is 11.8 Å². The minimum atomic E-state index is -3.14. The SMILES string of the molecule is CCS(=O)(=O)N[C@@H](C)c1ccncc1. The second kappa shape index (κ2) is 4.52. The van der Waals surface area contributed by atoms with Crippen molar-refractivity contribution in [3.05, 3.63) is 30.1 Å². The van der Waals surface area contributed by atoms with Crippen LogP contribution in [0.3, 0.4) is 0 Å². The van der Waals surface area contributed by atoms with Gasteiger partial charge in [0, 0.05) is 18.4 Å². The fourth-order valence-electron chi connectivity index (χ4n) is 1.07. The fourth-order valence-corrected chi connectivity index (χ4v) is 1.91. The predicted molar refractivity (Wildman–Crippen MR) is 55.2 cm³/mol. The molecule has 1 aromatic rings. The van der Waals surface area contributed by atoms with Gasteiger partial charge in [-0.1, -0.05) is 0 Å². The Morgan fingerprint density at radius 3 is 2.50 bits per heavy atom. The highest BCUT2D eigenvalue weighted by Gasteiger charge is 2.12. The molecule has 78 valence electrons. The molecule has 0 aliphatic carbocycles. The van der Waals surface area contributed by atoms with Gasteiger partial charge < -0.3 is 0 Å². The molecule has 0 bridgehead atoms. The first-order valence-corrected chi connectivity index (χ1v) is 6.10. The zero-order chi connectivity index (χ0) is 10.6. The number of nitrogens with one attached hydrogen (secondary N) is 1. The summed E-state index contributed by atoms with van der Waals surface area (Å²) in [7, 11) is -3.14. The van der Waals surface area contributed by atoms with Crippen LogP contribution in [0.4, 0.5) is 0 Å². The average Bonchev–Trinajstić information content (AvgIpc) is 2.19. The first-order chi connectivity index (χ1) is 6.55. The van der Waals surface area contributed by atoms with Gasteiger partial charge in [0.2, 0.25) is 10.0 Å². The molecule has 0 aliphatic rings. The molecule has 0 fully saturated rings. The molecule has 0 radical (unpaired) electrons. The maximum absolute atomic E-state index is 11.3. The maximum Gasteiger partial charge on any atom is 0.211 e. The van der Waals surface area contributed by atoms with E-state index in [2.05, 4.69) is 9.71 Å². The molecule has 0 saturated heterocycles. The highest BCUT2D eigenvalue weighted by Crippen LogP contribution is 2.11. The molecule has 14 heavy (non-hydrogen) atoms. The third-order valence-electron chi connectivity index (χ3n) is 1.94. The van der Waals surface area contributed by atoms with E-state index in [1.165, 1.54) is 0 Å². The number of aromatic nitrogens is 1. The van der Waals surface area contributed by atoms with E-state index in [0.29, 0.717) is 0 Å². The first-order valence-electron chi connectivity index (χ1n) is 4.45. The summed E-state index contributed by atoms with van der Waals surface area (Å²) < 4.78 is 25.1. The molecule has 1 atom stereocenters. The van der Waals surface area contributed by atoms with Gasteiger partial charge >= 0.3 is 0 Å². The van der Waals surface area contributed by atoms with Crippen molar-refractivity contribution in [2.75, 3.05) is 5.75 Å². The number of hydrogen-bond acceptors (Lipinski definition) is 3. The molecule has 0 unspecified atom stereocenters. The Bertz CT molecular complexity index is 375. The third-order valence-corrected chi connectivity index (χ3v) is 3.42. The zero-order valence-corrected chi connectivity index (χ0v) is 9.08. The summed E-state index contributed by atoms with van der Waals surface area (Å²) in [4.78, 5) is 3.87. The molecule has 0 aliphatic heterocycles. The zero-order valence-electron chi connectivity index (χ0n) is 8.27. The molecule has 0 amide bonds. The van der Waals surface area contributed by atoms with Crippen LogP contribution in [0.5, 0.6) is 0 Å². The topological polar surface area (TPSA) is 59.1 Å². The van der Waals surface area contributed by atoms with Crippen molar-refractivity contribution in [1.29, 1.82) is 0 Å². The van der Waals surface area contributed by atoms with Gasteiger partial charge in [0.05, 0.1) is 5.75 Å². The molecule has 1 N–H and O–H groups in total. The Balaban J connectivity index is 2.74. The van der Waals surface area contributed by atoms with Gasteiger partial charge in [-0.3, -0.25) is 4.98 Å². The summed E-state index contributed by atoms with van der Waals surface area (Å²) in [6.45, 7) is 3.42. The summed E-state index contributed by atoms with van der Waals surface area (Å²) in [6.07, 6.45) is 3.29. The molecule has 0 aromatic carbocycles. The smallest absolute Gasteiger partial charge is 0.211 e. The molecule has 0 saturated carbocycles. The minimum Gasteiger partial charge on any atom is -0.265 e. The molecular weight excluding hydrogens is 200 g/mol. The minimum absolute atomic E-state index is 0.0996. The fraction of sp³-hybridized carbons (Fsp3) is 0.444. The van der Waals surface area contributed by atoms with Gasteiger partial charge in [-0.05, 0) is 31.5 Å². The normalized spacial score (nSPS) is 13.9. The number of nitrogens with zero attached hydrogens (tertiary/aromatic N) is 1. The van der Waals surface area contributed by atoms with E-state index >= 15 is 0 Å². The standard InChI is InChI=1S/C9H14N2O2S/c1-3-14(12,13)11-8(2)9-4-6-10-7-5-9/h4-8,11H,3H2,1-2H3/t8-/m0/s1. The second-order valence-corrected chi connectivity index (χ2v) is 5.07. The van der Waals surface area contributed by atoms with E-state index in [4.69, 9.17) is 0 Å². The molecule has 0 spiro atoms. The first kappa shape index (κ1) is 11.1. The van der Waals surface area contributed by atoms with E-state index in [1.807, 2.05) is 6.92 Å². The van der Waals surface area contributed by atoms with E-state index in [0.717, 1.165) is 5.56 Å². The Hall–Kier alpha value is -0.940. The molecular formula is C9H14N2O2S. The quantitative estimate of drug-likeness (QED) is 0.816.